The average molecular weight is 224 g/mol. The Labute approximate surface area is 97.0 Å². The molecule has 0 spiro atoms. The Hall–Kier alpha value is -1.22. The van der Waals surface area contributed by atoms with Gasteiger partial charge in [0.05, 0.1) is 12.7 Å². The van der Waals surface area contributed by atoms with Crippen LogP contribution in [0.15, 0.2) is 24.3 Å². The van der Waals surface area contributed by atoms with E-state index in [0.29, 0.717) is 12.4 Å². The molecule has 1 aromatic rings. The summed E-state index contributed by atoms with van der Waals surface area (Å²) in [5.41, 5.74) is 0. The van der Waals surface area contributed by atoms with Gasteiger partial charge in [-0.2, -0.15) is 0 Å². The SMILES string of the molecule is CCCOc1ccccc1OC(C)[C@H](C)O. The molecule has 90 valence electrons. The molecule has 0 bridgehead atoms. The maximum atomic E-state index is 9.38. The minimum absolute atomic E-state index is 0.244. The molecule has 2 atom stereocenters. The van der Waals surface area contributed by atoms with E-state index in [1.807, 2.05) is 31.2 Å². The van der Waals surface area contributed by atoms with Crippen molar-refractivity contribution in [1.82, 2.24) is 0 Å². The monoisotopic (exact) mass is 224 g/mol. The van der Waals surface area contributed by atoms with Gasteiger partial charge in [0.1, 0.15) is 6.10 Å². The lowest BCUT2D eigenvalue weighted by Gasteiger charge is -2.19. The molecule has 0 aliphatic carbocycles. The Bertz CT molecular complexity index is 310. The van der Waals surface area contributed by atoms with Gasteiger partial charge >= 0.3 is 0 Å². The summed E-state index contributed by atoms with van der Waals surface area (Å²) in [5, 5.41) is 9.38. The molecule has 1 rings (SSSR count). The fraction of sp³-hybridized carbons (Fsp3) is 0.538. The molecule has 0 radical (unpaired) electrons. The summed E-state index contributed by atoms with van der Waals surface area (Å²) in [6.45, 7) is 6.27. The highest BCUT2D eigenvalue weighted by atomic mass is 16.5. The Morgan fingerprint density at radius 1 is 1.19 bits per heavy atom. The van der Waals surface area contributed by atoms with Crippen molar-refractivity contribution in [1.29, 1.82) is 0 Å². The van der Waals surface area contributed by atoms with E-state index < -0.39 is 6.10 Å². The molecule has 3 nitrogen and oxygen atoms in total. The molecule has 1 unspecified atom stereocenters. The largest absolute Gasteiger partial charge is 0.490 e. The Kier molecular flexibility index (Phi) is 5.12. The van der Waals surface area contributed by atoms with Crippen LogP contribution >= 0.6 is 0 Å². The quantitative estimate of drug-likeness (QED) is 0.807. The molecule has 0 saturated heterocycles. The van der Waals surface area contributed by atoms with E-state index in [9.17, 15) is 5.11 Å². The summed E-state index contributed by atoms with van der Waals surface area (Å²) in [7, 11) is 0. The highest BCUT2D eigenvalue weighted by molar-refractivity contribution is 5.39. The number of aliphatic hydroxyl groups is 1. The van der Waals surface area contributed by atoms with Crippen LogP contribution in [0.25, 0.3) is 0 Å². The predicted molar refractivity (Wildman–Crippen MR) is 64.0 cm³/mol. The van der Waals surface area contributed by atoms with Crippen molar-refractivity contribution >= 4 is 0 Å². The molecule has 1 aromatic carbocycles. The molecule has 0 amide bonds. The summed E-state index contributed by atoms with van der Waals surface area (Å²) in [6, 6.07) is 7.53. The molecule has 0 fully saturated rings. The van der Waals surface area contributed by atoms with Crippen LogP contribution in [0.1, 0.15) is 27.2 Å². The number of para-hydroxylation sites is 2. The topological polar surface area (TPSA) is 38.7 Å². The van der Waals surface area contributed by atoms with Crippen molar-refractivity contribution in [2.45, 2.75) is 39.4 Å². The minimum atomic E-state index is -0.501. The van der Waals surface area contributed by atoms with Crippen LogP contribution in [0.2, 0.25) is 0 Å². The zero-order chi connectivity index (χ0) is 12.0. The van der Waals surface area contributed by atoms with Crippen molar-refractivity contribution < 1.29 is 14.6 Å². The predicted octanol–water partition coefficient (Wildman–Crippen LogP) is 2.62. The molecule has 0 aliphatic heterocycles. The second-order valence-corrected chi connectivity index (χ2v) is 3.86. The van der Waals surface area contributed by atoms with Crippen LogP contribution in [-0.2, 0) is 0 Å². The van der Waals surface area contributed by atoms with Crippen LogP contribution in [0.5, 0.6) is 11.5 Å². The van der Waals surface area contributed by atoms with Gasteiger partial charge in [-0.05, 0) is 32.4 Å². The maximum Gasteiger partial charge on any atom is 0.161 e. The average Bonchev–Trinajstić information content (AvgIpc) is 2.27. The van der Waals surface area contributed by atoms with Gasteiger partial charge in [0.15, 0.2) is 11.5 Å². The van der Waals surface area contributed by atoms with E-state index in [-0.39, 0.29) is 6.10 Å². The van der Waals surface area contributed by atoms with Crippen molar-refractivity contribution in [3.63, 3.8) is 0 Å². The van der Waals surface area contributed by atoms with E-state index >= 15 is 0 Å². The van der Waals surface area contributed by atoms with E-state index in [2.05, 4.69) is 6.92 Å². The van der Waals surface area contributed by atoms with Crippen LogP contribution in [-0.4, -0.2) is 23.9 Å². The van der Waals surface area contributed by atoms with Gasteiger partial charge in [0, 0.05) is 0 Å². The fourth-order valence-electron chi connectivity index (χ4n) is 1.18. The van der Waals surface area contributed by atoms with Crippen molar-refractivity contribution in [2.24, 2.45) is 0 Å². The highest BCUT2D eigenvalue weighted by Gasteiger charge is 2.13. The third-order valence-corrected chi connectivity index (χ3v) is 2.30. The first kappa shape index (κ1) is 12.8. The van der Waals surface area contributed by atoms with Gasteiger partial charge < -0.3 is 14.6 Å². The number of aliphatic hydroxyl groups excluding tert-OH is 1. The smallest absolute Gasteiger partial charge is 0.161 e. The van der Waals surface area contributed by atoms with Gasteiger partial charge in [-0.25, -0.2) is 0 Å². The van der Waals surface area contributed by atoms with E-state index in [1.54, 1.807) is 6.92 Å². The highest BCUT2D eigenvalue weighted by Crippen LogP contribution is 2.27. The summed E-state index contributed by atoms with van der Waals surface area (Å²) >= 11 is 0. The third kappa shape index (κ3) is 3.74. The third-order valence-electron chi connectivity index (χ3n) is 2.30. The lowest BCUT2D eigenvalue weighted by atomic mass is 10.2. The summed E-state index contributed by atoms with van der Waals surface area (Å²) in [5.74, 6) is 1.42. The zero-order valence-corrected chi connectivity index (χ0v) is 10.1. The van der Waals surface area contributed by atoms with E-state index in [0.717, 1.165) is 12.2 Å². The first-order chi connectivity index (χ1) is 7.65. The maximum absolute atomic E-state index is 9.38. The second-order valence-electron chi connectivity index (χ2n) is 3.86. The minimum Gasteiger partial charge on any atom is -0.490 e. The van der Waals surface area contributed by atoms with Crippen molar-refractivity contribution in [3.05, 3.63) is 24.3 Å². The first-order valence-electron chi connectivity index (χ1n) is 5.71. The molecule has 0 aliphatic rings. The molecule has 0 heterocycles. The number of hydrogen-bond acceptors (Lipinski definition) is 3. The van der Waals surface area contributed by atoms with Gasteiger partial charge in [-0.3, -0.25) is 0 Å². The molecule has 0 saturated carbocycles. The number of ether oxygens (including phenoxy) is 2. The second kappa shape index (κ2) is 6.38. The van der Waals surface area contributed by atoms with Gasteiger partial charge in [-0.15, -0.1) is 0 Å². The van der Waals surface area contributed by atoms with Crippen molar-refractivity contribution in [3.8, 4) is 11.5 Å². The van der Waals surface area contributed by atoms with E-state index in [1.165, 1.54) is 0 Å². The summed E-state index contributed by atoms with van der Waals surface area (Å²) < 4.78 is 11.2. The number of benzene rings is 1. The standard InChI is InChI=1S/C13H20O3/c1-4-9-15-12-7-5-6-8-13(12)16-11(3)10(2)14/h5-8,10-11,14H,4,9H2,1-3H3/t10-,11?/m0/s1. The van der Waals surface area contributed by atoms with E-state index in [4.69, 9.17) is 9.47 Å². The molecule has 1 N–H and O–H groups in total. The lowest BCUT2D eigenvalue weighted by molar-refractivity contribution is 0.0581. The Morgan fingerprint density at radius 2 is 1.81 bits per heavy atom. The normalized spacial score (nSPS) is 14.2. The molecule has 16 heavy (non-hydrogen) atoms. The molecule has 0 aromatic heterocycles. The zero-order valence-electron chi connectivity index (χ0n) is 10.1. The number of rotatable bonds is 6. The van der Waals surface area contributed by atoms with Gasteiger partial charge in [-0.1, -0.05) is 19.1 Å². The van der Waals surface area contributed by atoms with Crippen LogP contribution in [0.4, 0.5) is 0 Å². The summed E-state index contributed by atoms with van der Waals surface area (Å²) in [6.07, 6.45) is 0.214. The fourth-order valence-corrected chi connectivity index (χ4v) is 1.18. The molecular weight excluding hydrogens is 204 g/mol. The van der Waals surface area contributed by atoms with Crippen LogP contribution < -0.4 is 9.47 Å². The Morgan fingerprint density at radius 3 is 2.38 bits per heavy atom. The van der Waals surface area contributed by atoms with Gasteiger partial charge in [0.2, 0.25) is 0 Å². The lowest BCUT2D eigenvalue weighted by Crippen LogP contribution is -2.25. The number of hydrogen-bond donors (Lipinski definition) is 1. The Balaban J connectivity index is 2.70. The van der Waals surface area contributed by atoms with Crippen molar-refractivity contribution in [2.75, 3.05) is 6.61 Å². The molecular formula is C13H20O3. The summed E-state index contributed by atoms with van der Waals surface area (Å²) in [4.78, 5) is 0. The molecule has 3 heteroatoms. The van der Waals surface area contributed by atoms with Crippen LogP contribution in [0, 0.1) is 0 Å². The van der Waals surface area contributed by atoms with Crippen LogP contribution in [0.3, 0.4) is 0 Å². The first-order valence-corrected chi connectivity index (χ1v) is 5.71. The van der Waals surface area contributed by atoms with Gasteiger partial charge in [0.25, 0.3) is 0 Å².